The Kier molecular flexibility index (Phi) is 1.67. The van der Waals surface area contributed by atoms with E-state index >= 15 is 0 Å². The zero-order chi connectivity index (χ0) is 10.9. The van der Waals surface area contributed by atoms with Crippen LogP contribution < -0.4 is 0 Å². The lowest BCUT2D eigenvalue weighted by molar-refractivity contribution is 0.0228. The first kappa shape index (κ1) is 9.93. The number of hydrogen-bond acceptors (Lipinski definition) is 0. The lowest BCUT2D eigenvalue weighted by Gasteiger charge is -2.48. The highest BCUT2D eigenvalue weighted by molar-refractivity contribution is 5.36. The van der Waals surface area contributed by atoms with Crippen molar-refractivity contribution in [2.45, 2.75) is 59.8 Å². The van der Waals surface area contributed by atoms with Crippen molar-refractivity contribution < 1.29 is 0 Å². The van der Waals surface area contributed by atoms with Crippen LogP contribution in [0.15, 0.2) is 11.6 Å². The Morgan fingerprint density at radius 2 is 1.93 bits per heavy atom. The molecule has 0 heteroatoms. The molecule has 0 radical (unpaired) electrons. The second kappa shape index (κ2) is 2.52. The monoisotopic (exact) mass is 204 g/mol. The van der Waals surface area contributed by atoms with Gasteiger partial charge in [0.05, 0.1) is 0 Å². The summed E-state index contributed by atoms with van der Waals surface area (Å²) >= 11 is 0. The molecule has 0 amide bonds. The predicted molar refractivity (Wildman–Crippen MR) is 64.7 cm³/mol. The molecule has 0 N–H and O–H groups in total. The van der Waals surface area contributed by atoms with E-state index in [1.807, 2.05) is 0 Å². The molecule has 2 fully saturated rings. The summed E-state index contributed by atoms with van der Waals surface area (Å²) in [5, 5.41) is 0. The first-order chi connectivity index (χ1) is 6.96. The molecule has 0 unspecified atom stereocenters. The molecule has 3 rings (SSSR count). The van der Waals surface area contributed by atoms with Crippen LogP contribution in [0.5, 0.6) is 0 Å². The van der Waals surface area contributed by atoms with Gasteiger partial charge in [0.25, 0.3) is 0 Å². The van der Waals surface area contributed by atoms with Gasteiger partial charge in [-0.25, -0.2) is 0 Å². The van der Waals surface area contributed by atoms with Crippen LogP contribution in [0.25, 0.3) is 0 Å². The van der Waals surface area contributed by atoms with Gasteiger partial charge in [0.15, 0.2) is 0 Å². The molecule has 84 valence electrons. The van der Waals surface area contributed by atoms with Crippen LogP contribution in [0.2, 0.25) is 0 Å². The van der Waals surface area contributed by atoms with E-state index in [1.165, 1.54) is 32.1 Å². The predicted octanol–water partition coefficient (Wildman–Crippen LogP) is 4.56. The standard InChI is InChI=1S/C15H24/c1-11-6-9-14(4)12(2)10-13(3)7-5-8-15(11,13)14/h10-11H,5-9H2,1-4H3/t11-,13-,14+,15+/m0/s1. The van der Waals surface area contributed by atoms with Crippen molar-refractivity contribution in [2.75, 3.05) is 0 Å². The fourth-order valence-corrected chi connectivity index (χ4v) is 5.86. The Morgan fingerprint density at radius 1 is 1.20 bits per heavy atom. The van der Waals surface area contributed by atoms with Crippen molar-refractivity contribution in [2.24, 2.45) is 22.2 Å². The van der Waals surface area contributed by atoms with Crippen LogP contribution in [-0.4, -0.2) is 0 Å². The van der Waals surface area contributed by atoms with Gasteiger partial charge in [-0.15, -0.1) is 0 Å². The van der Waals surface area contributed by atoms with Crippen molar-refractivity contribution >= 4 is 0 Å². The van der Waals surface area contributed by atoms with E-state index in [4.69, 9.17) is 0 Å². The molecule has 0 aromatic heterocycles. The SMILES string of the molecule is CC1=C[C@]2(C)CCC[C@@]23[C@@H](C)CC[C@]13C. The molecular weight excluding hydrogens is 180 g/mol. The van der Waals surface area contributed by atoms with Crippen LogP contribution in [0, 0.1) is 22.2 Å². The fraction of sp³-hybridized carbons (Fsp3) is 0.867. The van der Waals surface area contributed by atoms with Crippen molar-refractivity contribution in [1.29, 1.82) is 0 Å². The molecule has 0 bridgehead atoms. The summed E-state index contributed by atoms with van der Waals surface area (Å²) in [6.45, 7) is 10.0. The van der Waals surface area contributed by atoms with E-state index in [0.29, 0.717) is 16.2 Å². The topological polar surface area (TPSA) is 0 Å². The molecule has 1 spiro atoms. The maximum absolute atomic E-state index is 2.65. The van der Waals surface area contributed by atoms with Crippen LogP contribution >= 0.6 is 0 Å². The molecular formula is C15H24. The summed E-state index contributed by atoms with van der Waals surface area (Å²) in [6.07, 6.45) is 9.92. The van der Waals surface area contributed by atoms with Gasteiger partial charge >= 0.3 is 0 Å². The van der Waals surface area contributed by atoms with Gasteiger partial charge in [0.2, 0.25) is 0 Å². The first-order valence-corrected chi connectivity index (χ1v) is 6.66. The molecule has 0 aliphatic heterocycles. The fourth-order valence-electron chi connectivity index (χ4n) is 5.86. The average molecular weight is 204 g/mol. The number of rotatable bonds is 0. The molecule has 15 heavy (non-hydrogen) atoms. The highest BCUT2D eigenvalue weighted by Gasteiger charge is 2.68. The van der Waals surface area contributed by atoms with E-state index in [0.717, 1.165) is 5.92 Å². The highest BCUT2D eigenvalue weighted by Crippen LogP contribution is 2.77. The molecule has 4 atom stereocenters. The Morgan fingerprint density at radius 3 is 2.67 bits per heavy atom. The van der Waals surface area contributed by atoms with Crippen LogP contribution in [0.1, 0.15) is 59.8 Å². The van der Waals surface area contributed by atoms with Gasteiger partial charge in [-0.05, 0) is 54.8 Å². The van der Waals surface area contributed by atoms with Gasteiger partial charge in [0, 0.05) is 0 Å². The average Bonchev–Trinajstić information content (AvgIpc) is 2.67. The maximum Gasteiger partial charge on any atom is -0.00517 e. The number of hydrogen-bond donors (Lipinski definition) is 0. The molecule has 2 saturated carbocycles. The van der Waals surface area contributed by atoms with Gasteiger partial charge < -0.3 is 0 Å². The maximum atomic E-state index is 2.65. The van der Waals surface area contributed by atoms with Crippen molar-refractivity contribution in [3.8, 4) is 0 Å². The summed E-state index contributed by atoms with van der Waals surface area (Å²) in [7, 11) is 0. The Hall–Kier alpha value is -0.260. The molecule has 0 heterocycles. The smallest absolute Gasteiger partial charge is 0.00517 e. The Balaban J connectivity index is 2.22. The van der Waals surface area contributed by atoms with E-state index in [2.05, 4.69) is 33.8 Å². The normalized spacial score (nSPS) is 57.9. The summed E-state index contributed by atoms with van der Waals surface area (Å²) < 4.78 is 0. The number of allylic oxidation sites excluding steroid dienone is 2. The Bertz CT molecular complexity index is 340. The third kappa shape index (κ3) is 0.797. The molecule has 0 saturated heterocycles. The van der Waals surface area contributed by atoms with Crippen LogP contribution in [-0.2, 0) is 0 Å². The second-order valence-corrected chi connectivity index (χ2v) is 6.84. The summed E-state index contributed by atoms with van der Waals surface area (Å²) in [4.78, 5) is 0. The van der Waals surface area contributed by atoms with Crippen molar-refractivity contribution in [1.82, 2.24) is 0 Å². The van der Waals surface area contributed by atoms with Crippen LogP contribution in [0.3, 0.4) is 0 Å². The van der Waals surface area contributed by atoms with Crippen molar-refractivity contribution in [3.05, 3.63) is 11.6 Å². The lowest BCUT2D eigenvalue weighted by atomic mass is 9.55. The molecule has 0 aromatic carbocycles. The van der Waals surface area contributed by atoms with Gasteiger partial charge in [-0.3, -0.25) is 0 Å². The zero-order valence-corrected chi connectivity index (χ0v) is 10.7. The zero-order valence-electron chi connectivity index (χ0n) is 10.7. The van der Waals surface area contributed by atoms with Gasteiger partial charge in [-0.2, -0.15) is 0 Å². The van der Waals surface area contributed by atoms with E-state index in [-0.39, 0.29) is 0 Å². The van der Waals surface area contributed by atoms with Gasteiger partial charge in [-0.1, -0.05) is 38.8 Å². The molecule has 0 nitrogen and oxygen atoms in total. The minimum Gasteiger partial charge on any atom is -0.0785 e. The van der Waals surface area contributed by atoms with Crippen molar-refractivity contribution in [3.63, 3.8) is 0 Å². The summed E-state index contributed by atoms with van der Waals surface area (Å²) in [5.41, 5.74) is 3.40. The highest BCUT2D eigenvalue weighted by atomic mass is 14.7. The van der Waals surface area contributed by atoms with Crippen LogP contribution in [0.4, 0.5) is 0 Å². The lowest BCUT2D eigenvalue weighted by Crippen LogP contribution is -2.42. The Labute approximate surface area is 94.1 Å². The second-order valence-electron chi connectivity index (χ2n) is 6.84. The van der Waals surface area contributed by atoms with E-state index in [9.17, 15) is 0 Å². The third-order valence-corrected chi connectivity index (χ3v) is 6.60. The summed E-state index contributed by atoms with van der Waals surface area (Å²) in [6, 6.07) is 0. The minimum absolute atomic E-state index is 0.530. The third-order valence-electron chi connectivity index (χ3n) is 6.60. The summed E-state index contributed by atoms with van der Waals surface area (Å²) in [5.74, 6) is 0.934. The quantitative estimate of drug-likeness (QED) is 0.507. The molecule has 3 aliphatic carbocycles. The first-order valence-electron chi connectivity index (χ1n) is 6.66. The molecule has 0 aromatic rings. The molecule has 3 aliphatic rings. The van der Waals surface area contributed by atoms with E-state index in [1.54, 1.807) is 5.57 Å². The minimum atomic E-state index is 0.530. The largest absolute Gasteiger partial charge is 0.0785 e. The van der Waals surface area contributed by atoms with Gasteiger partial charge in [0.1, 0.15) is 0 Å². The van der Waals surface area contributed by atoms with E-state index < -0.39 is 0 Å².